The van der Waals surface area contributed by atoms with Crippen LogP contribution in [-0.2, 0) is 11.3 Å². The number of hydrogen-bond acceptors (Lipinski definition) is 4. The highest BCUT2D eigenvalue weighted by molar-refractivity contribution is 6.00. The minimum Gasteiger partial charge on any atom is -0.456 e. The number of hydrogen-bond donors (Lipinski definition) is 3. The molecule has 0 spiro atoms. The minimum atomic E-state index is -1.04. The summed E-state index contributed by atoms with van der Waals surface area (Å²) in [5.74, 6) is -0.177. The van der Waals surface area contributed by atoms with E-state index in [1.54, 1.807) is 32.0 Å². The number of nitrogens with one attached hydrogen (secondary N) is 3. The number of benzene rings is 3. The van der Waals surface area contributed by atoms with E-state index in [9.17, 15) is 14.0 Å². The molecule has 3 aromatic carbocycles. The third-order valence-corrected chi connectivity index (χ3v) is 6.04. The van der Waals surface area contributed by atoms with Crippen molar-refractivity contribution in [2.75, 3.05) is 13.6 Å². The quantitative estimate of drug-likeness (QED) is 0.316. The third kappa shape index (κ3) is 5.16. The zero-order valence-corrected chi connectivity index (χ0v) is 20.9. The Kier molecular flexibility index (Phi) is 7.22. The largest absolute Gasteiger partial charge is 0.456 e. The smallest absolute Gasteiger partial charge is 0.252 e. The van der Waals surface area contributed by atoms with Gasteiger partial charge in [0.1, 0.15) is 22.7 Å². The first-order chi connectivity index (χ1) is 17.2. The van der Waals surface area contributed by atoms with E-state index in [1.165, 1.54) is 12.1 Å². The van der Waals surface area contributed by atoms with Gasteiger partial charge in [-0.25, -0.2) is 4.39 Å². The van der Waals surface area contributed by atoms with Gasteiger partial charge in [0.25, 0.3) is 5.91 Å². The van der Waals surface area contributed by atoms with Crippen molar-refractivity contribution in [2.45, 2.75) is 32.9 Å². The van der Waals surface area contributed by atoms with Crippen LogP contribution in [0.15, 0.2) is 71.1 Å². The van der Waals surface area contributed by atoms with Gasteiger partial charge in [-0.15, -0.1) is 0 Å². The number of carbonyl (C=O) groups excluding carboxylic acids is 2. The normalized spacial score (nSPS) is 11.5. The van der Waals surface area contributed by atoms with Crippen molar-refractivity contribution >= 4 is 22.8 Å². The topological polar surface area (TPSA) is 83.4 Å². The van der Waals surface area contributed by atoms with Gasteiger partial charge in [-0.2, -0.15) is 0 Å². The second kappa shape index (κ2) is 10.3. The first kappa shape index (κ1) is 25.1. The zero-order chi connectivity index (χ0) is 25.9. The average molecular weight is 488 g/mol. The summed E-state index contributed by atoms with van der Waals surface area (Å²) < 4.78 is 19.6. The molecule has 186 valence electrons. The molecule has 7 heteroatoms. The van der Waals surface area contributed by atoms with E-state index < -0.39 is 5.54 Å². The van der Waals surface area contributed by atoms with Crippen LogP contribution in [0.5, 0.6) is 0 Å². The first-order valence-electron chi connectivity index (χ1n) is 11.9. The standard InChI is InChI=1S/C29H30FN3O3/c1-5-32-28(35)29(2,3)33-27(34)21-8-6-7-19(15-21)20-11-14-25-23(16-20)24(17-31-4)26(36-25)18-9-12-22(30)13-10-18/h6-16,31H,5,17H2,1-4H3,(H,32,35)(H,33,34). The van der Waals surface area contributed by atoms with Crippen LogP contribution in [0.2, 0.25) is 0 Å². The highest BCUT2D eigenvalue weighted by atomic mass is 19.1. The van der Waals surface area contributed by atoms with Crippen LogP contribution in [0, 0.1) is 5.82 Å². The van der Waals surface area contributed by atoms with Crippen molar-refractivity contribution < 1.29 is 18.4 Å². The fourth-order valence-corrected chi connectivity index (χ4v) is 4.15. The number of amides is 2. The summed E-state index contributed by atoms with van der Waals surface area (Å²) in [4.78, 5) is 25.2. The fraction of sp³-hybridized carbons (Fsp3) is 0.241. The lowest BCUT2D eigenvalue weighted by Crippen LogP contribution is -2.54. The minimum absolute atomic E-state index is 0.242. The number of furan rings is 1. The van der Waals surface area contributed by atoms with E-state index in [0.717, 1.165) is 33.2 Å². The molecule has 0 aliphatic rings. The summed E-state index contributed by atoms with van der Waals surface area (Å²) in [6.45, 7) is 6.24. The molecule has 0 saturated carbocycles. The van der Waals surface area contributed by atoms with Gasteiger partial charge in [0.15, 0.2) is 0 Å². The SMILES string of the molecule is CCNC(=O)C(C)(C)NC(=O)c1cccc(-c2ccc3oc(-c4ccc(F)cc4)c(CNC)c3c2)c1. The molecule has 0 aliphatic carbocycles. The van der Waals surface area contributed by atoms with Gasteiger partial charge >= 0.3 is 0 Å². The monoisotopic (exact) mass is 487 g/mol. The van der Waals surface area contributed by atoms with Crippen LogP contribution in [0.25, 0.3) is 33.4 Å². The summed E-state index contributed by atoms with van der Waals surface area (Å²) >= 11 is 0. The van der Waals surface area contributed by atoms with Crippen molar-refractivity contribution in [3.8, 4) is 22.5 Å². The molecular formula is C29H30FN3O3. The molecule has 1 aromatic heterocycles. The molecule has 0 saturated heterocycles. The van der Waals surface area contributed by atoms with Crippen molar-refractivity contribution in [2.24, 2.45) is 0 Å². The lowest BCUT2D eigenvalue weighted by atomic mass is 9.98. The molecule has 0 atom stereocenters. The van der Waals surface area contributed by atoms with Gasteiger partial charge in [-0.05, 0) is 87.5 Å². The molecule has 0 unspecified atom stereocenters. The van der Waals surface area contributed by atoms with Gasteiger partial charge in [0.05, 0.1) is 0 Å². The molecule has 0 bridgehead atoms. The van der Waals surface area contributed by atoms with E-state index in [-0.39, 0.29) is 17.6 Å². The van der Waals surface area contributed by atoms with E-state index in [0.29, 0.717) is 24.4 Å². The van der Waals surface area contributed by atoms with E-state index >= 15 is 0 Å². The van der Waals surface area contributed by atoms with Crippen molar-refractivity contribution in [1.29, 1.82) is 0 Å². The van der Waals surface area contributed by atoms with Gasteiger partial charge in [-0.1, -0.05) is 18.2 Å². The summed E-state index contributed by atoms with van der Waals surface area (Å²) in [5.41, 5.74) is 3.69. The van der Waals surface area contributed by atoms with Gasteiger partial charge in [0.2, 0.25) is 5.91 Å². The Morgan fingerprint density at radius 3 is 2.33 bits per heavy atom. The summed E-state index contributed by atoms with van der Waals surface area (Å²) in [6.07, 6.45) is 0. The second-order valence-electron chi connectivity index (χ2n) is 9.18. The third-order valence-electron chi connectivity index (χ3n) is 6.04. The molecule has 4 aromatic rings. The van der Waals surface area contributed by atoms with E-state index in [2.05, 4.69) is 16.0 Å². The van der Waals surface area contributed by atoms with Crippen LogP contribution in [0.4, 0.5) is 4.39 Å². The van der Waals surface area contributed by atoms with Crippen LogP contribution < -0.4 is 16.0 Å². The van der Waals surface area contributed by atoms with E-state index in [1.807, 2.05) is 50.4 Å². The maximum atomic E-state index is 13.5. The molecule has 36 heavy (non-hydrogen) atoms. The lowest BCUT2D eigenvalue weighted by Gasteiger charge is -2.25. The predicted octanol–water partition coefficient (Wildman–Crippen LogP) is 5.27. The van der Waals surface area contributed by atoms with Crippen LogP contribution in [-0.4, -0.2) is 30.9 Å². The Labute approximate surface area is 209 Å². The Morgan fingerprint density at radius 1 is 0.944 bits per heavy atom. The molecule has 4 rings (SSSR count). The molecule has 6 nitrogen and oxygen atoms in total. The zero-order valence-electron chi connectivity index (χ0n) is 20.9. The van der Waals surface area contributed by atoms with Crippen molar-refractivity contribution in [3.63, 3.8) is 0 Å². The fourth-order valence-electron chi connectivity index (χ4n) is 4.15. The summed E-state index contributed by atoms with van der Waals surface area (Å²) in [6, 6.07) is 19.4. The first-order valence-corrected chi connectivity index (χ1v) is 11.9. The van der Waals surface area contributed by atoms with Crippen LogP contribution in [0.3, 0.4) is 0 Å². The van der Waals surface area contributed by atoms with Crippen molar-refractivity contribution in [1.82, 2.24) is 16.0 Å². The molecule has 3 N–H and O–H groups in total. The number of carbonyl (C=O) groups is 2. The van der Waals surface area contributed by atoms with E-state index in [4.69, 9.17) is 4.42 Å². The molecule has 2 amide bonds. The van der Waals surface area contributed by atoms with Crippen molar-refractivity contribution in [3.05, 3.63) is 83.7 Å². The predicted molar refractivity (Wildman–Crippen MR) is 140 cm³/mol. The molecular weight excluding hydrogens is 457 g/mol. The summed E-state index contributed by atoms with van der Waals surface area (Å²) in [7, 11) is 1.86. The Hall–Kier alpha value is -3.97. The lowest BCUT2D eigenvalue weighted by molar-refractivity contribution is -0.126. The number of likely N-dealkylation sites (N-methyl/N-ethyl adjacent to an activating group) is 1. The number of rotatable bonds is 8. The number of fused-ring (bicyclic) bond motifs is 1. The molecule has 0 aliphatic heterocycles. The highest BCUT2D eigenvalue weighted by Crippen LogP contribution is 2.36. The highest BCUT2D eigenvalue weighted by Gasteiger charge is 2.29. The van der Waals surface area contributed by atoms with Gasteiger partial charge < -0.3 is 20.4 Å². The Bertz CT molecular complexity index is 1410. The maximum Gasteiger partial charge on any atom is 0.252 e. The molecule has 0 fully saturated rings. The van der Waals surface area contributed by atoms with Crippen LogP contribution >= 0.6 is 0 Å². The van der Waals surface area contributed by atoms with Crippen LogP contribution in [0.1, 0.15) is 36.7 Å². The number of halogens is 1. The summed E-state index contributed by atoms with van der Waals surface area (Å²) in [5, 5.41) is 9.68. The second-order valence-corrected chi connectivity index (χ2v) is 9.18. The Morgan fingerprint density at radius 2 is 1.64 bits per heavy atom. The maximum absolute atomic E-state index is 13.5. The average Bonchev–Trinajstić information content (AvgIpc) is 3.22. The Balaban J connectivity index is 1.69. The van der Waals surface area contributed by atoms with Gasteiger partial charge in [-0.3, -0.25) is 9.59 Å². The molecule has 0 radical (unpaired) electrons. The molecule has 1 heterocycles. The van der Waals surface area contributed by atoms with Gasteiger partial charge in [0, 0.05) is 35.2 Å².